The molecule has 0 spiro atoms. The molecule has 0 bridgehead atoms. The van der Waals surface area contributed by atoms with Crippen LogP contribution in [0.2, 0.25) is 0 Å². The van der Waals surface area contributed by atoms with Gasteiger partial charge in [-0.2, -0.15) is 0 Å². The molecule has 15 heavy (non-hydrogen) atoms. The average molecular weight is 222 g/mol. The van der Waals surface area contributed by atoms with Crippen LogP contribution in [-0.2, 0) is 15.5 Å². The Morgan fingerprint density at radius 1 is 1.33 bits per heavy atom. The normalized spacial score (nSPS) is 17.1. The van der Waals surface area contributed by atoms with Crippen LogP contribution in [-0.4, -0.2) is 10.8 Å². The molecule has 1 heterocycles. The summed E-state index contributed by atoms with van der Waals surface area (Å²) in [6, 6.07) is 6.00. The second-order valence-electron chi connectivity index (χ2n) is 3.74. The maximum Gasteiger partial charge on any atom is 0.0954 e. The standard InChI is InChI=1S/C12H14O2S/c1-9-3-4-12(10(2)7-9)15(13)11-5-6-14-8-11/h3-4,7-8H,5-6H2,1-2H3. The van der Waals surface area contributed by atoms with Crippen molar-refractivity contribution in [1.82, 2.24) is 0 Å². The van der Waals surface area contributed by atoms with Crippen molar-refractivity contribution in [2.45, 2.75) is 25.2 Å². The molecule has 1 unspecified atom stereocenters. The lowest BCUT2D eigenvalue weighted by molar-refractivity contribution is 0.281. The fourth-order valence-electron chi connectivity index (χ4n) is 1.66. The summed E-state index contributed by atoms with van der Waals surface area (Å²) in [5.41, 5.74) is 2.28. The van der Waals surface area contributed by atoms with Crippen LogP contribution in [0.1, 0.15) is 17.5 Å². The molecule has 0 saturated heterocycles. The highest BCUT2D eigenvalue weighted by Crippen LogP contribution is 2.24. The van der Waals surface area contributed by atoms with Gasteiger partial charge >= 0.3 is 0 Å². The number of hydrogen-bond donors (Lipinski definition) is 0. The summed E-state index contributed by atoms with van der Waals surface area (Å²) < 4.78 is 17.3. The third-order valence-electron chi connectivity index (χ3n) is 2.45. The van der Waals surface area contributed by atoms with Crippen molar-refractivity contribution in [1.29, 1.82) is 0 Å². The SMILES string of the molecule is Cc1ccc(S(=O)C2=COCC2)c(C)c1. The third kappa shape index (κ3) is 2.12. The summed E-state index contributed by atoms with van der Waals surface area (Å²) in [6.45, 7) is 4.69. The first-order chi connectivity index (χ1) is 7.18. The second-order valence-corrected chi connectivity index (χ2v) is 5.24. The van der Waals surface area contributed by atoms with Crippen LogP contribution in [0.25, 0.3) is 0 Å². The largest absolute Gasteiger partial charge is 0.500 e. The Kier molecular flexibility index (Phi) is 2.91. The molecule has 0 N–H and O–H groups in total. The minimum absolute atomic E-state index is 0.659. The molecule has 0 radical (unpaired) electrons. The zero-order valence-electron chi connectivity index (χ0n) is 8.95. The van der Waals surface area contributed by atoms with Gasteiger partial charge in [0.2, 0.25) is 0 Å². The molecule has 80 valence electrons. The van der Waals surface area contributed by atoms with Crippen LogP contribution in [0.4, 0.5) is 0 Å². The molecule has 0 aromatic heterocycles. The summed E-state index contributed by atoms with van der Waals surface area (Å²) >= 11 is 0. The lowest BCUT2D eigenvalue weighted by Crippen LogP contribution is -1.97. The van der Waals surface area contributed by atoms with Gasteiger partial charge in [0.25, 0.3) is 0 Å². The average Bonchev–Trinajstić information content (AvgIpc) is 2.69. The number of hydrogen-bond acceptors (Lipinski definition) is 2. The smallest absolute Gasteiger partial charge is 0.0954 e. The van der Waals surface area contributed by atoms with E-state index in [2.05, 4.69) is 6.07 Å². The lowest BCUT2D eigenvalue weighted by Gasteiger charge is -2.06. The summed E-state index contributed by atoms with van der Waals surface area (Å²) in [4.78, 5) is 1.79. The van der Waals surface area contributed by atoms with Crippen LogP contribution in [0.5, 0.6) is 0 Å². The zero-order chi connectivity index (χ0) is 10.8. The quantitative estimate of drug-likeness (QED) is 0.769. The van der Waals surface area contributed by atoms with Crippen LogP contribution in [0.3, 0.4) is 0 Å². The van der Waals surface area contributed by atoms with Gasteiger partial charge in [0.1, 0.15) is 0 Å². The van der Waals surface area contributed by atoms with Crippen molar-refractivity contribution < 1.29 is 8.95 Å². The van der Waals surface area contributed by atoms with Gasteiger partial charge in [-0.15, -0.1) is 0 Å². The summed E-state index contributed by atoms with van der Waals surface area (Å²) in [5, 5.41) is 0. The predicted molar refractivity (Wildman–Crippen MR) is 61.0 cm³/mol. The van der Waals surface area contributed by atoms with E-state index in [1.807, 2.05) is 26.0 Å². The van der Waals surface area contributed by atoms with Gasteiger partial charge < -0.3 is 4.74 Å². The van der Waals surface area contributed by atoms with E-state index < -0.39 is 10.8 Å². The Balaban J connectivity index is 2.33. The van der Waals surface area contributed by atoms with Crippen molar-refractivity contribution in [3.63, 3.8) is 0 Å². The third-order valence-corrected chi connectivity index (χ3v) is 4.08. The van der Waals surface area contributed by atoms with Crippen LogP contribution in [0, 0.1) is 13.8 Å². The number of aryl methyl sites for hydroxylation is 2. The Bertz CT molecular complexity index is 435. The topological polar surface area (TPSA) is 26.3 Å². The maximum atomic E-state index is 12.1. The van der Waals surface area contributed by atoms with E-state index in [9.17, 15) is 4.21 Å². The van der Waals surface area contributed by atoms with Crippen LogP contribution in [0.15, 0.2) is 34.3 Å². The number of ether oxygens (including phenoxy) is 1. The molecule has 0 saturated carbocycles. The van der Waals surface area contributed by atoms with Crippen molar-refractivity contribution in [3.05, 3.63) is 40.5 Å². The van der Waals surface area contributed by atoms with Crippen molar-refractivity contribution in [2.75, 3.05) is 6.61 Å². The van der Waals surface area contributed by atoms with Crippen molar-refractivity contribution >= 4 is 10.8 Å². The van der Waals surface area contributed by atoms with E-state index in [4.69, 9.17) is 4.74 Å². The maximum absolute atomic E-state index is 12.1. The lowest BCUT2D eigenvalue weighted by atomic mass is 10.2. The zero-order valence-corrected chi connectivity index (χ0v) is 9.76. The van der Waals surface area contributed by atoms with E-state index in [0.717, 1.165) is 21.8 Å². The molecule has 1 aromatic carbocycles. The van der Waals surface area contributed by atoms with Crippen molar-refractivity contribution in [3.8, 4) is 0 Å². The van der Waals surface area contributed by atoms with E-state index >= 15 is 0 Å². The molecule has 0 amide bonds. The predicted octanol–water partition coefficient (Wildman–Crippen LogP) is 2.67. The minimum Gasteiger partial charge on any atom is -0.500 e. The molecule has 1 aliphatic rings. The first-order valence-electron chi connectivity index (χ1n) is 4.98. The van der Waals surface area contributed by atoms with E-state index in [0.29, 0.717) is 6.61 Å². The molecule has 1 atom stereocenters. The van der Waals surface area contributed by atoms with E-state index in [1.165, 1.54) is 5.56 Å². The van der Waals surface area contributed by atoms with Gasteiger partial charge in [-0.3, -0.25) is 0 Å². The van der Waals surface area contributed by atoms with Gasteiger partial charge in [-0.25, -0.2) is 4.21 Å². The van der Waals surface area contributed by atoms with Crippen molar-refractivity contribution in [2.24, 2.45) is 0 Å². The molecule has 0 aliphatic carbocycles. The number of rotatable bonds is 2. The molecular weight excluding hydrogens is 208 g/mol. The Labute approximate surface area is 92.4 Å². The Morgan fingerprint density at radius 3 is 2.73 bits per heavy atom. The molecule has 0 fully saturated rings. The van der Waals surface area contributed by atoms with E-state index in [-0.39, 0.29) is 0 Å². The summed E-state index contributed by atoms with van der Waals surface area (Å²) in [5.74, 6) is 0. The summed E-state index contributed by atoms with van der Waals surface area (Å²) in [7, 11) is -1.04. The second kappa shape index (κ2) is 4.19. The first-order valence-corrected chi connectivity index (χ1v) is 6.13. The highest BCUT2D eigenvalue weighted by Gasteiger charge is 2.16. The van der Waals surface area contributed by atoms with Gasteiger partial charge in [-0.1, -0.05) is 17.7 Å². The highest BCUT2D eigenvalue weighted by molar-refractivity contribution is 7.89. The molecule has 1 aromatic rings. The fourth-order valence-corrected chi connectivity index (χ4v) is 2.90. The monoisotopic (exact) mass is 222 g/mol. The Morgan fingerprint density at radius 2 is 2.13 bits per heavy atom. The van der Waals surface area contributed by atoms with Gasteiger partial charge in [0.05, 0.1) is 28.6 Å². The van der Waals surface area contributed by atoms with Gasteiger partial charge in [-0.05, 0) is 25.5 Å². The van der Waals surface area contributed by atoms with Crippen LogP contribution >= 0.6 is 0 Å². The summed E-state index contributed by atoms with van der Waals surface area (Å²) in [6.07, 6.45) is 2.41. The molecular formula is C12H14O2S. The molecule has 2 rings (SSSR count). The first kappa shape index (κ1) is 10.4. The Hall–Kier alpha value is -1.09. The van der Waals surface area contributed by atoms with Crippen LogP contribution < -0.4 is 0 Å². The van der Waals surface area contributed by atoms with Gasteiger partial charge in [0, 0.05) is 11.3 Å². The minimum atomic E-state index is -1.04. The molecule has 3 heteroatoms. The molecule has 2 nitrogen and oxygen atoms in total. The number of benzene rings is 1. The fraction of sp³-hybridized carbons (Fsp3) is 0.333. The molecule has 1 aliphatic heterocycles. The highest BCUT2D eigenvalue weighted by atomic mass is 32.2. The van der Waals surface area contributed by atoms with E-state index in [1.54, 1.807) is 6.26 Å². The van der Waals surface area contributed by atoms with Gasteiger partial charge in [0.15, 0.2) is 0 Å².